The van der Waals surface area contributed by atoms with Crippen molar-refractivity contribution in [2.45, 2.75) is 19.1 Å². The molecule has 0 spiro atoms. The van der Waals surface area contributed by atoms with Crippen molar-refractivity contribution in [2.24, 2.45) is 5.10 Å². The molecule has 0 radical (unpaired) electrons. The van der Waals surface area contributed by atoms with E-state index in [2.05, 4.69) is 10.5 Å². The molecule has 1 amide bonds. The number of ether oxygens (including phenoxy) is 2. The quantitative estimate of drug-likeness (QED) is 0.178. The van der Waals surface area contributed by atoms with Gasteiger partial charge in [-0.05, 0) is 53.9 Å². The number of nitrogens with zero attached hydrogens (tertiary/aromatic N) is 1. The number of hydrazone groups is 1. The molecule has 0 aromatic heterocycles. The average Bonchev–Trinajstić information content (AvgIpc) is 2.94. The Morgan fingerprint density at radius 1 is 0.895 bits per heavy atom. The molecular weight excluding hydrogens is 523 g/mol. The predicted molar refractivity (Wildman–Crippen MR) is 150 cm³/mol. The van der Waals surface area contributed by atoms with Crippen LogP contribution in [0, 0.1) is 0 Å². The third-order valence-electron chi connectivity index (χ3n) is 5.76. The first-order valence-corrected chi connectivity index (χ1v) is 12.7. The number of nitrogens with one attached hydrogen (secondary N) is 1. The van der Waals surface area contributed by atoms with Crippen molar-refractivity contribution in [3.05, 3.63) is 129 Å². The number of amides is 1. The summed E-state index contributed by atoms with van der Waals surface area (Å²) >= 11 is 12.2. The summed E-state index contributed by atoms with van der Waals surface area (Å²) in [5.74, 6) is 0.357. The fourth-order valence-corrected chi connectivity index (χ4v) is 4.28. The molecule has 0 fully saturated rings. The monoisotopic (exact) mass is 548 g/mol. The fourth-order valence-electron chi connectivity index (χ4n) is 3.82. The summed E-state index contributed by atoms with van der Waals surface area (Å²) < 4.78 is 11.7. The molecule has 0 aliphatic rings. The van der Waals surface area contributed by atoms with Gasteiger partial charge in [-0.25, -0.2) is 5.43 Å². The topological polar surface area (TPSA) is 80.2 Å². The van der Waals surface area contributed by atoms with E-state index in [-0.39, 0.29) is 6.61 Å². The van der Waals surface area contributed by atoms with Crippen molar-refractivity contribution in [1.29, 1.82) is 0 Å². The van der Waals surface area contributed by atoms with Crippen molar-refractivity contribution in [1.82, 2.24) is 5.43 Å². The predicted octanol–water partition coefficient (Wildman–Crippen LogP) is 6.36. The maximum Gasteiger partial charge on any atom is 0.281 e. The molecule has 2 N–H and O–H groups in total. The smallest absolute Gasteiger partial charge is 0.281 e. The average molecular weight is 549 g/mol. The molecule has 0 aliphatic heterocycles. The number of halogens is 2. The summed E-state index contributed by atoms with van der Waals surface area (Å²) in [7, 11) is 0. The number of carbonyl (C=O) groups is 1. The minimum Gasteiger partial charge on any atom is -0.490 e. The van der Waals surface area contributed by atoms with E-state index in [1.54, 1.807) is 84.9 Å². The van der Waals surface area contributed by atoms with E-state index < -0.39 is 11.5 Å². The Morgan fingerprint density at radius 2 is 1.55 bits per heavy atom. The van der Waals surface area contributed by atoms with Gasteiger partial charge >= 0.3 is 0 Å². The molecule has 4 aromatic carbocycles. The minimum atomic E-state index is -1.92. The molecule has 8 heteroatoms. The fraction of sp³-hybridized carbons (Fsp3) is 0.133. The summed E-state index contributed by atoms with van der Waals surface area (Å²) in [6.07, 6.45) is 1.47. The summed E-state index contributed by atoms with van der Waals surface area (Å²) in [5, 5.41) is 16.7. The van der Waals surface area contributed by atoms with Crippen molar-refractivity contribution in [3.63, 3.8) is 0 Å². The van der Waals surface area contributed by atoms with Crippen LogP contribution in [0.3, 0.4) is 0 Å². The van der Waals surface area contributed by atoms with Crippen molar-refractivity contribution in [3.8, 4) is 11.5 Å². The molecule has 38 heavy (non-hydrogen) atoms. The van der Waals surface area contributed by atoms with Gasteiger partial charge in [0, 0.05) is 15.6 Å². The van der Waals surface area contributed by atoms with E-state index >= 15 is 0 Å². The summed E-state index contributed by atoms with van der Waals surface area (Å²) in [4.78, 5) is 13.2. The number of rotatable bonds is 10. The van der Waals surface area contributed by atoms with Crippen LogP contribution >= 0.6 is 23.2 Å². The lowest BCUT2D eigenvalue weighted by Crippen LogP contribution is -2.43. The molecule has 194 valence electrons. The van der Waals surface area contributed by atoms with Crippen LogP contribution in [-0.2, 0) is 17.0 Å². The molecular formula is C30H26Cl2N2O4. The maximum absolute atomic E-state index is 13.2. The van der Waals surface area contributed by atoms with Crippen LogP contribution in [0.25, 0.3) is 0 Å². The molecule has 0 heterocycles. The lowest BCUT2D eigenvalue weighted by atomic mass is 9.85. The van der Waals surface area contributed by atoms with Crippen LogP contribution in [-0.4, -0.2) is 23.8 Å². The molecule has 4 aromatic rings. The Hall–Kier alpha value is -3.84. The van der Waals surface area contributed by atoms with Gasteiger partial charge < -0.3 is 14.6 Å². The SMILES string of the molecule is CCOc1cc(/C=N\NC(=O)C(O)(c2ccccc2)c2ccccc2)ccc1OCc1ccc(Cl)cc1Cl. The molecule has 0 atom stereocenters. The zero-order chi connectivity index (χ0) is 27.0. The molecule has 0 saturated carbocycles. The Bertz CT molecular complexity index is 1370. The van der Waals surface area contributed by atoms with E-state index in [4.69, 9.17) is 32.7 Å². The molecule has 4 rings (SSSR count). The molecule has 0 bridgehead atoms. The first-order chi connectivity index (χ1) is 18.4. The van der Waals surface area contributed by atoms with E-state index in [1.165, 1.54) is 6.21 Å². The summed E-state index contributed by atoms with van der Waals surface area (Å²) in [6, 6.07) is 28.0. The second-order valence-corrected chi connectivity index (χ2v) is 9.15. The maximum atomic E-state index is 13.2. The van der Waals surface area contributed by atoms with Crippen LogP contribution in [0.15, 0.2) is 102 Å². The molecule has 0 saturated heterocycles. The minimum absolute atomic E-state index is 0.233. The zero-order valence-corrected chi connectivity index (χ0v) is 22.1. The Labute approximate surface area is 231 Å². The van der Waals surface area contributed by atoms with Crippen LogP contribution in [0.4, 0.5) is 0 Å². The van der Waals surface area contributed by atoms with Crippen molar-refractivity contribution >= 4 is 35.3 Å². The van der Waals surface area contributed by atoms with Crippen LogP contribution in [0.1, 0.15) is 29.2 Å². The lowest BCUT2D eigenvalue weighted by Gasteiger charge is -2.27. The number of benzene rings is 4. The second kappa shape index (κ2) is 12.6. The summed E-state index contributed by atoms with van der Waals surface area (Å²) in [6.45, 7) is 2.53. The van der Waals surface area contributed by atoms with Gasteiger partial charge in [0.1, 0.15) is 6.61 Å². The largest absolute Gasteiger partial charge is 0.490 e. The van der Waals surface area contributed by atoms with Crippen molar-refractivity contribution < 1.29 is 19.4 Å². The second-order valence-electron chi connectivity index (χ2n) is 8.31. The molecule has 0 unspecified atom stereocenters. The Morgan fingerprint density at radius 3 is 2.16 bits per heavy atom. The van der Waals surface area contributed by atoms with Gasteiger partial charge in [-0.3, -0.25) is 4.79 Å². The summed E-state index contributed by atoms with van der Waals surface area (Å²) in [5.41, 5.74) is 2.87. The van der Waals surface area contributed by atoms with E-state index in [0.29, 0.717) is 44.8 Å². The molecule has 6 nitrogen and oxygen atoms in total. The normalized spacial score (nSPS) is 11.4. The zero-order valence-electron chi connectivity index (χ0n) is 20.6. The van der Waals surface area contributed by atoms with Gasteiger partial charge in [-0.15, -0.1) is 0 Å². The third kappa shape index (κ3) is 6.34. The highest BCUT2D eigenvalue weighted by atomic mass is 35.5. The van der Waals surface area contributed by atoms with Gasteiger partial charge in [0.05, 0.1) is 12.8 Å². The molecule has 0 aliphatic carbocycles. The third-order valence-corrected chi connectivity index (χ3v) is 6.34. The standard InChI is InChI=1S/C30H26Cl2N2O4/c1-2-37-28-17-21(13-16-27(28)38-20-22-14-15-25(31)18-26(22)32)19-33-34-29(35)30(36,23-9-5-3-6-10-23)24-11-7-4-8-12-24/h3-19,36H,2,20H2,1H3,(H,34,35)/b33-19-. The number of carbonyl (C=O) groups excluding carboxylic acids is 1. The lowest BCUT2D eigenvalue weighted by molar-refractivity contribution is -0.136. The first-order valence-electron chi connectivity index (χ1n) is 11.9. The number of aliphatic hydroxyl groups is 1. The van der Waals surface area contributed by atoms with Gasteiger partial charge in [0.2, 0.25) is 0 Å². The first kappa shape index (κ1) is 27.2. The van der Waals surface area contributed by atoms with Crippen molar-refractivity contribution in [2.75, 3.05) is 6.61 Å². The Balaban J connectivity index is 1.50. The van der Waals surface area contributed by atoms with Crippen LogP contribution in [0.2, 0.25) is 10.0 Å². The highest BCUT2D eigenvalue weighted by Gasteiger charge is 2.39. The van der Waals surface area contributed by atoms with Crippen LogP contribution in [0.5, 0.6) is 11.5 Å². The highest BCUT2D eigenvalue weighted by Crippen LogP contribution is 2.31. The van der Waals surface area contributed by atoms with Gasteiger partial charge in [-0.1, -0.05) is 89.9 Å². The Kier molecular flexibility index (Phi) is 9.02. The van der Waals surface area contributed by atoms with Crippen LogP contribution < -0.4 is 14.9 Å². The number of hydrogen-bond donors (Lipinski definition) is 2. The van der Waals surface area contributed by atoms with E-state index in [1.807, 2.05) is 19.1 Å². The van der Waals surface area contributed by atoms with Gasteiger partial charge in [0.25, 0.3) is 5.91 Å². The highest BCUT2D eigenvalue weighted by molar-refractivity contribution is 6.35. The van der Waals surface area contributed by atoms with E-state index in [0.717, 1.165) is 5.56 Å². The van der Waals surface area contributed by atoms with Gasteiger partial charge in [0.15, 0.2) is 17.1 Å². The number of hydrogen-bond acceptors (Lipinski definition) is 5. The van der Waals surface area contributed by atoms with E-state index in [9.17, 15) is 9.90 Å². The van der Waals surface area contributed by atoms with Gasteiger partial charge in [-0.2, -0.15) is 5.10 Å².